The third kappa shape index (κ3) is 3.34. The zero-order valence-electron chi connectivity index (χ0n) is 12.4. The van der Waals surface area contributed by atoms with Gasteiger partial charge in [-0.05, 0) is 36.8 Å². The van der Waals surface area contributed by atoms with Gasteiger partial charge in [-0.25, -0.2) is 0 Å². The van der Waals surface area contributed by atoms with Crippen LogP contribution < -0.4 is 11.3 Å². The summed E-state index contributed by atoms with van der Waals surface area (Å²) in [5.41, 5.74) is 3.90. The summed E-state index contributed by atoms with van der Waals surface area (Å²) in [5.74, 6) is 6.51. The van der Waals surface area contributed by atoms with Crippen molar-refractivity contribution < 1.29 is 4.74 Å². The Hall–Kier alpha value is -0.610. The zero-order valence-corrected chi connectivity index (χ0v) is 13.1. The number of rotatable bonds is 5. The van der Waals surface area contributed by atoms with Crippen molar-refractivity contribution in [1.29, 1.82) is 0 Å². The van der Waals surface area contributed by atoms with Crippen LogP contribution in [0.1, 0.15) is 38.2 Å². The lowest BCUT2D eigenvalue weighted by molar-refractivity contribution is -0.0791. The average molecular weight is 297 g/mol. The van der Waals surface area contributed by atoms with E-state index in [0.717, 1.165) is 29.8 Å². The Kier molecular flexibility index (Phi) is 5.44. The van der Waals surface area contributed by atoms with E-state index in [1.54, 1.807) is 7.11 Å². The molecule has 0 radical (unpaired) electrons. The highest BCUT2D eigenvalue weighted by Gasteiger charge is 2.41. The first-order valence-corrected chi connectivity index (χ1v) is 7.74. The summed E-state index contributed by atoms with van der Waals surface area (Å²) in [4.78, 5) is 0. The monoisotopic (exact) mass is 296 g/mol. The molecule has 1 aromatic rings. The molecule has 3 atom stereocenters. The van der Waals surface area contributed by atoms with E-state index in [9.17, 15) is 0 Å². The molecule has 0 bridgehead atoms. The summed E-state index contributed by atoms with van der Waals surface area (Å²) >= 11 is 6.27. The number of nitrogens with two attached hydrogens (primary N) is 1. The third-order valence-corrected chi connectivity index (χ3v) is 4.98. The van der Waals surface area contributed by atoms with Gasteiger partial charge in [0, 0.05) is 12.1 Å². The van der Waals surface area contributed by atoms with Gasteiger partial charge in [-0.15, -0.1) is 0 Å². The second-order valence-electron chi connectivity index (χ2n) is 5.99. The number of hydrazine groups is 1. The van der Waals surface area contributed by atoms with Crippen molar-refractivity contribution in [3.8, 4) is 0 Å². The second-order valence-corrected chi connectivity index (χ2v) is 6.39. The maximum absolute atomic E-state index is 6.27. The van der Waals surface area contributed by atoms with Gasteiger partial charge in [-0.3, -0.25) is 11.3 Å². The van der Waals surface area contributed by atoms with Gasteiger partial charge in [0.05, 0.1) is 11.6 Å². The first-order valence-electron chi connectivity index (χ1n) is 7.36. The molecule has 3 unspecified atom stereocenters. The lowest BCUT2D eigenvalue weighted by atomic mass is 9.73. The Labute approximate surface area is 126 Å². The van der Waals surface area contributed by atoms with Crippen LogP contribution in [0.25, 0.3) is 0 Å². The molecule has 0 aromatic heterocycles. The molecule has 1 aromatic carbocycles. The summed E-state index contributed by atoms with van der Waals surface area (Å²) < 4.78 is 5.93. The van der Waals surface area contributed by atoms with Crippen molar-refractivity contribution in [1.82, 2.24) is 5.43 Å². The number of benzene rings is 1. The molecule has 0 amide bonds. The summed E-state index contributed by atoms with van der Waals surface area (Å²) in [7, 11) is 1.80. The van der Waals surface area contributed by atoms with Gasteiger partial charge in [0.15, 0.2) is 0 Å². The van der Waals surface area contributed by atoms with E-state index in [4.69, 9.17) is 22.2 Å². The van der Waals surface area contributed by atoms with Crippen molar-refractivity contribution in [2.24, 2.45) is 11.8 Å². The van der Waals surface area contributed by atoms with Crippen LogP contribution in [-0.4, -0.2) is 18.8 Å². The molecule has 1 fully saturated rings. The molecular weight excluding hydrogens is 272 g/mol. The van der Waals surface area contributed by atoms with E-state index in [-0.39, 0.29) is 11.6 Å². The van der Waals surface area contributed by atoms with Crippen molar-refractivity contribution in [3.63, 3.8) is 0 Å². The van der Waals surface area contributed by atoms with Crippen LogP contribution in [0.15, 0.2) is 24.3 Å². The van der Waals surface area contributed by atoms with Crippen LogP contribution in [0.5, 0.6) is 0 Å². The van der Waals surface area contributed by atoms with Crippen molar-refractivity contribution in [3.05, 3.63) is 34.9 Å². The minimum Gasteiger partial charge on any atom is -0.377 e. The van der Waals surface area contributed by atoms with Gasteiger partial charge in [-0.2, -0.15) is 0 Å². The van der Waals surface area contributed by atoms with E-state index >= 15 is 0 Å². The molecule has 3 N–H and O–H groups in total. The lowest BCUT2D eigenvalue weighted by Gasteiger charge is -2.44. The van der Waals surface area contributed by atoms with Crippen LogP contribution in [0, 0.1) is 5.92 Å². The lowest BCUT2D eigenvalue weighted by Crippen LogP contribution is -2.57. The van der Waals surface area contributed by atoms with Crippen LogP contribution in [0.3, 0.4) is 0 Å². The molecule has 0 saturated heterocycles. The highest BCUT2D eigenvalue weighted by molar-refractivity contribution is 6.31. The number of hydrogen-bond acceptors (Lipinski definition) is 3. The van der Waals surface area contributed by atoms with Crippen LogP contribution >= 0.6 is 11.6 Å². The molecule has 112 valence electrons. The second kappa shape index (κ2) is 6.90. The molecule has 3 nitrogen and oxygen atoms in total. The number of hydrogen-bond donors (Lipinski definition) is 2. The van der Waals surface area contributed by atoms with Gasteiger partial charge in [0.2, 0.25) is 0 Å². The predicted octanol–water partition coefficient (Wildman–Crippen LogP) is 3.31. The van der Waals surface area contributed by atoms with E-state index in [2.05, 4.69) is 18.4 Å². The first-order chi connectivity index (χ1) is 9.61. The fraction of sp³-hybridized carbons (Fsp3) is 0.625. The number of methoxy groups -OCH3 is 1. The average Bonchev–Trinajstić information content (AvgIpc) is 2.46. The zero-order chi connectivity index (χ0) is 14.6. The molecule has 0 spiro atoms. The summed E-state index contributed by atoms with van der Waals surface area (Å²) in [6.45, 7) is 2.29. The third-order valence-electron chi connectivity index (χ3n) is 4.62. The molecular formula is C16H25ClN2O. The van der Waals surface area contributed by atoms with Gasteiger partial charge < -0.3 is 4.74 Å². The van der Waals surface area contributed by atoms with Gasteiger partial charge in [0.25, 0.3) is 0 Å². The smallest absolute Gasteiger partial charge is 0.0850 e. The Balaban J connectivity index is 2.19. The fourth-order valence-corrected chi connectivity index (χ4v) is 3.68. The van der Waals surface area contributed by atoms with E-state index < -0.39 is 0 Å². The summed E-state index contributed by atoms with van der Waals surface area (Å²) in [6.07, 6.45) is 5.34. The fourth-order valence-electron chi connectivity index (χ4n) is 3.47. The predicted molar refractivity (Wildman–Crippen MR) is 83.6 cm³/mol. The van der Waals surface area contributed by atoms with Crippen molar-refractivity contribution >= 4 is 11.6 Å². The van der Waals surface area contributed by atoms with Crippen molar-refractivity contribution in [2.45, 2.75) is 50.7 Å². The molecule has 4 heteroatoms. The molecule has 1 aliphatic rings. The van der Waals surface area contributed by atoms with Gasteiger partial charge in [-0.1, -0.05) is 49.6 Å². The SMILES string of the molecule is COC1(C(Cc2ccccc2Cl)NN)CCCC(C)C1. The van der Waals surface area contributed by atoms with E-state index in [1.165, 1.54) is 12.8 Å². The maximum atomic E-state index is 6.27. The largest absolute Gasteiger partial charge is 0.377 e. The topological polar surface area (TPSA) is 47.3 Å². The molecule has 1 aliphatic carbocycles. The standard InChI is InChI=1S/C16H25ClN2O/c1-12-6-5-9-16(11-12,20-2)15(19-18)10-13-7-3-4-8-14(13)17/h3-4,7-8,12,15,19H,5-6,9-11,18H2,1-2H3. The molecule has 2 rings (SSSR count). The molecule has 0 aliphatic heterocycles. The highest BCUT2D eigenvalue weighted by Crippen LogP contribution is 2.38. The van der Waals surface area contributed by atoms with E-state index in [0.29, 0.717) is 5.92 Å². The Morgan fingerprint density at radius 3 is 2.85 bits per heavy atom. The molecule has 1 saturated carbocycles. The van der Waals surface area contributed by atoms with Crippen LogP contribution in [-0.2, 0) is 11.2 Å². The maximum Gasteiger partial charge on any atom is 0.0850 e. The van der Waals surface area contributed by atoms with Gasteiger partial charge >= 0.3 is 0 Å². The first kappa shape index (κ1) is 15.8. The molecule has 0 heterocycles. The minimum atomic E-state index is -0.189. The van der Waals surface area contributed by atoms with E-state index in [1.807, 2.05) is 18.2 Å². The Morgan fingerprint density at radius 1 is 1.50 bits per heavy atom. The molecule has 20 heavy (non-hydrogen) atoms. The number of ether oxygens (including phenoxy) is 1. The summed E-state index contributed by atoms with van der Waals surface area (Å²) in [6, 6.07) is 8.02. The highest BCUT2D eigenvalue weighted by atomic mass is 35.5. The normalized spacial score (nSPS) is 28.3. The van der Waals surface area contributed by atoms with Gasteiger partial charge in [0.1, 0.15) is 0 Å². The number of halogens is 1. The minimum absolute atomic E-state index is 0.0788. The Bertz CT molecular complexity index is 440. The summed E-state index contributed by atoms with van der Waals surface area (Å²) in [5, 5.41) is 0.794. The Morgan fingerprint density at radius 2 is 2.25 bits per heavy atom. The van der Waals surface area contributed by atoms with Crippen LogP contribution in [0.4, 0.5) is 0 Å². The van der Waals surface area contributed by atoms with Crippen molar-refractivity contribution in [2.75, 3.05) is 7.11 Å². The quantitative estimate of drug-likeness (QED) is 0.647. The van der Waals surface area contributed by atoms with Crippen LogP contribution in [0.2, 0.25) is 5.02 Å². The number of nitrogens with one attached hydrogen (secondary N) is 1.